The van der Waals surface area contributed by atoms with Crippen molar-refractivity contribution in [1.82, 2.24) is 40.2 Å². The SMILES string of the molecule is CCOP([O-])(=S)OCCCCCCSC1CC(=O)N(CCC(=O)NCCC(=O)N2Cc3ccccc3-c3c(nnn3CCOCCOCCOCCOCCOCCn3cc(COc4c(O)ccc5c(=O)cc(-c6ccccc6)oc45)nn3)-c3ccccc32)C1=O. The number of benzene rings is 4. The van der Waals surface area contributed by atoms with Crippen LogP contribution in [0.15, 0.2) is 112 Å². The Kier molecular flexibility index (Phi) is 26.2. The maximum Gasteiger partial charge on any atom is 0.242 e. The number of hydrogen-bond donors (Lipinski definition) is 2. The number of amides is 4. The molecule has 9 rings (SSSR count). The van der Waals surface area contributed by atoms with E-state index in [2.05, 4.69) is 25.9 Å². The van der Waals surface area contributed by atoms with Crippen LogP contribution >= 0.6 is 18.5 Å². The molecule has 5 heterocycles. The number of likely N-dealkylation sites (tertiary alicyclic amines) is 1. The Balaban J connectivity index is 0.614. The molecular formula is C63H75N9O16PS2-. The van der Waals surface area contributed by atoms with Gasteiger partial charge in [0.05, 0.1) is 127 Å². The van der Waals surface area contributed by atoms with Gasteiger partial charge in [0, 0.05) is 55.1 Å². The second-order valence-electron chi connectivity index (χ2n) is 21.0. The second kappa shape index (κ2) is 35.0. The molecule has 3 aromatic heterocycles. The zero-order valence-electron chi connectivity index (χ0n) is 50.7. The van der Waals surface area contributed by atoms with E-state index in [-0.39, 0.29) is 110 Å². The molecule has 2 N–H and O–H groups in total. The summed E-state index contributed by atoms with van der Waals surface area (Å²) < 4.78 is 54.2. The summed E-state index contributed by atoms with van der Waals surface area (Å²) in [5.74, 6) is -0.268. The third-order valence-corrected chi connectivity index (χ3v) is 17.6. The molecule has 2 unspecified atom stereocenters. The number of nitrogens with zero attached hydrogens (tertiary/aromatic N) is 8. The molecule has 7 aromatic rings. The van der Waals surface area contributed by atoms with Crippen molar-refractivity contribution in [3.8, 4) is 45.3 Å². The lowest BCUT2D eigenvalue weighted by Gasteiger charge is -2.28. The first-order chi connectivity index (χ1) is 44.4. The fraction of sp³-hybridized carbons (Fsp3) is 0.444. The summed E-state index contributed by atoms with van der Waals surface area (Å²) in [7, 11) is 0. The fourth-order valence-electron chi connectivity index (χ4n) is 10.1. The first-order valence-electron chi connectivity index (χ1n) is 30.4. The predicted molar refractivity (Wildman–Crippen MR) is 340 cm³/mol. The smallest absolute Gasteiger partial charge is 0.242 e. The molecule has 2 aliphatic heterocycles. The van der Waals surface area contributed by atoms with Crippen molar-refractivity contribution in [2.45, 2.75) is 83.4 Å². The van der Waals surface area contributed by atoms with E-state index in [4.69, 9.17) is 53.7 Å². The molecular weight excluding hydrogens is 1230 g/mol. The number of hydrogen-bond acceptors (Lipinski definition) is 22. The zero-order valence-corrected chi connectivity index (χ0v) is 53.2. The molecule has 4 aromatic carbocycles. The first kappa shape index (κ1) is 68.1. The highest BCUT2D eigenvalue weighted by Crippen LogP contribution is 2.42. The minimum atomic E-state index is -3.42. The zero-order chi connectivity index (χ0) is 63.8. The van der Waals surface area contributed by atoms with E-state index in [0.717, 1.165) is 46.5 Å². The highest BCUT2D eigenvalue weighted by atomic mass is 32.5. The lowest BCUT2D eigenvalue weighted by molar-refractivity contribution is -0.206. The summed E-state index contributed by atoms with van der Waals surface area (Å²) in [6.45, 7) is 3.64. The van der Waals surface area contributed by atoms with Gasteiger partial charge in [0.15, 0.2) is 16.8 Å². The summed E-state index contributed by atoms with van der Waals surface area (Å²) in [6.07, 6.45) is 4.95. The summed E-state index contributed by atoms with van der Waals surface area (Å²) >= 11 is 6.25. The van der Waals surface area contributed by atoms with Gasteiger partial charge < -0.3 is 62.1 Å². The van der Waals surface area contributed by atoms with Crippen molar-refractivity contribution in [3.63, 3.8) is 0 Å². The van der Waals surface area contributed by atoms with Crippen molar-refractivity contribution in [1.29, 1.82) is 0 Å². The molecule has 91 heavy (non-hydrogen) atoms. The molecule has 0 saturated carbocycles. The molecule has 0 bridgehead atoms. The minimum Gasteiger partial charge on any atom is -0.780 e. The largest absolute Gasteiger partial charge is 0.780 e. The third kappa shape index (κ3) is 19.6. The van der Waals surface area contributed by atoms with Crippen molar-refractivity contribution in [3.05, 3.63) is 125 Å². The molecule has 1 fully saturated rings. The minimum absolute atomic E-state index is 0.00165. The van der Waals surface area contributed by atoms with E-state index in [9.17, 15) is 34.0 Å². The number of thioether (sulfide) groups is 1. The van der Waals surface area contributed by atoms with Gasteiger partial charge in [-0.05, 0) is 49.3 Å². The number of ether oxygens (including phenoxy) is 6. The van der Waals surface area contributed by atoms with Gasteiger partial charge in [0.25, 0.3) is 0 Å². The van der Waals surface area contributed by atoms with E-state index in [1.165, 1.54) is 30.0 Å². The van der Waals surface area contributed by atoms with Crippen LogP contribution in [0.4, 0.5) is 5.69 Å². The van der Waals surface area contributed by atoms with Crippen molar-refractivity contribution in [2.24, 2.45) is 0 Å². The second-order valence-corrected chi connectivity index (χ2v) is 25.1. The van der Waals surface area contributed by atoms with E-state index in [1.54, 1.807) is 22.7 Å². The van der Waals surface area contributed by atoms with Gasteiger partial charge in [-0.2, -0.15) is 0 Å². The number of aromatic hydroxyl groups is 1. The Labute approximate surface area is 535 Å². The molecule has 0 radical (unpaired) electrons. The maximum atomic E-state index is 14.1. The number of fused-ring (bicyclic) bond motifs is 6. The Bertz CT molecular complexity index is 3650. The van der Waals surface area contributed by atoms with Gasteiger partial charge in [0.1, 0.15) is 30.5 Å². The molecule has 0 spiro atoms. The first-order valence-corrected chi connectivity index (χ1v) is 34.0. The molecule has 25 nitrogen and oxygen atoms in total. The van der Waals surface area contributed by atoms with Gasteiger partial charge in [-0.25, -0.2) is 9.36 Å². The molecule has 2 atom stereocenters. The van der Waals surface area contributed by atoms with Gasteiger partial charge >= 0.3 is 0 Å². The average molecular weight is 1310 g/mol. The summed E-state index contributed by atoms with van der Waals surface area (Å²) in [6, 6.07) is 28.9. The van der Waals surface area contributed by atoms with Crippen LogP contribution in [0.1, 0.15) is 63.1 Å². The van der Waals surface area contributed by atoms with Crippen molar-refractivity contribution in [2.75, 3.05) is 103 Å². The summed E-state index contributed by atoms with van der Waals surface area (Å²) in [5, 5.41) is 30.7. The van der Waals surface area contributed by atoms with Crippen molar-refractivity contribution < 1.29 is 71.1 Å². The van der Waals surface area contributed by atoms with Gasteiger partial charge in [-0.1, -0.05) is 108 Å². The number of carbonyl (C=O) groups excluding carboxylic acids is 4. The number of aromatic nitrogens is 6. The Morgan fingerprint density at radius 1 is 0.758 bits per heavy atom. The van der Waals surface area contributed by atoms with Gasteiger partial charge in [-0.15, -0.1) is 22.0 Å². The van der Waals surface area contributed by atoms with Gasteiger partial charge in [-0.3, -0.25) is 28.9 Å². The lowest BCUT2D eigenvalue weighted by Crippen LogP contribution is -2.37. The maximum absolute atomic E-state index is 14.1. The third-order valence-electron chi connectivity index (χ3n) is 14.6. The van der Waals surface area contributed by atoms with E-state index >= 15 is 0 Å². The topological polar surface area (TPSA) is 296 Å². The number of phenols is 1. The van der Waals surface area contributed by atoms with E-state index in [1.807, 2.05) is 83.5 Å². The van der Waals surface area contributed by atoms with Crippen LogP contribution in [0.25, 0.3) is 44.8 Å². The molecule has 0 aliphatic carbocycles. The van der Waals surface area contributed by atoms with E-state index in [0.29, 0.717) is 120 Å². The number of phenolic OH excluding ortho intramolecular Hbond substituents is 1. The normalized spacial score (nSPS) is 14.5. The number of unbranched alkanes of at least 4 members (excludes halogenated alkanes) is 3. The van der Waals surface area contributed by atoms with Crippen LogP contribution in [0, 0.1) is 0 Å². The fourth-order valence-corrected chi connectivity index (χ4v) is 12.6. The standard InChI is InChI=1S/C63H76N9O16PS2/c1-2-86-89(79,90)87-28-12-3-4-13-39-91-55-41-58(77)70(63(55)78)25-23-56(75)64-24-22-57(76)71-42-46-16-8-9-17-48(46)60-59(49-18-10-11-19-51(49)71)66-68-72(60)27-30-81-32-34-83-36-38-84-37-35-82-33-31-80-29-26-69-43-47(65-67-69)44-85-62-52(73)21-20-50-53(74)40-54(88-61(50)62)45-14-6-5-7-15-45/h5-11,14-21,40,43,55,73H,2-4,12-13,22-39,41-42,44H2,1H3,(H,64,75)(H,79,90)/p-1. The average Bonchev–Trinajstić information content (AvgIpc) is 1.76. The van der Waals surface area contributed by atoms with Crippen LogP contribution < -0.4 is 25.3 Å². The van der Waals surface area contributed by atoms with Gasteiger partial charge in [0.2, 0.25) is 29.4 Å². The monoisotopic (exact) mass is 1310 g/mol. The number of nitrogens with one attached hydrogen (secondary N) is 1. The number of para-hydroxylation sites is 1. The van der Waals surface area contributed by atoms with E-state index < -0.39 is 12.0 Å². The van der Waals surface area contributed by atoms with Crippen LogP contribution in [0.3, 0.4) is 0 Å². The molecule has 28 heteroatoms. The molecule has 4 amide bonds. The predicted octanol–water partition coefficient (Wildman–Crippen LogP) is 6.85. The number of anilines is 1. The molecule has 2 aliphatic rings. The van der Waals surface area contributed by atoms with Crippen LogP contribution in [-0.2, 0) is 90.0 Å². The molecule has 486 valence electrons. The highest BCUT2D eigenvalue weighted by molar-refractivity contribution is 8.06. The summed E-state index contributed by atoms with van der Waals surface area (Å²) in [5.41, 5.74) is 5.66. The number of imide groups is 1. The number of rotatable bonds is 39. The lowest BCUT2D eigenvalue weighted by atomic mass is 9.95. The summed E-state index contributed by atoms with van der Waals surface area (Å²) in [4.78, 5) is 80.7. The van der Waals surface area contributed by atoms with Crippen LogP contribution in [0.5, 0.6) is 11.5 Å². The van der Waals surface area contributed by atoms with Crippen LogP contribution in [-0.4, -0.2) is 167 Å². The Hall–Kier alpha value is -7.27. The van der Waals surface area contributed by atoms with Crippen LogP contribution in [0.2, 0.25) is 0 Å². The quantitative estimate of drug-likeness (QED) is 0.0226. The van der Waals surface area contributed by atoms with Crippen molar-refractivity contribution >= 4 is 70.6 Å². The number of carbonyl (C=O) groups is 4. The Morgan fingerprint density at radius 3 is 2.19 bits per heavy atom. The highest BCUT2D eigenvalue weighted by Gasteiger charge is 2.38. The molecule has 1 saturated heterocycles. The Morgan fingerprint density at radius 2 is 1.44 bits per heavy atom.